The number of fused-ring (bicyclic) bond motifs is 1. The van der Waals surface area contributed by atoms with Gasteiger partial charge >= 0.3 is 0 Å². The molecule has 1 aromatic heterocycles. The molecule has 0 bridgehead atoms. The molecule has 2 saturated heterocycles. The van der Waals surface area contributed by atoms with Crippen molar-refractivity contribution in [1.82, 2.24) is 25.5 Å². The quantitative estimate of drug-likeness (QED) is 0.490. The Labute approximate surface area is 204 Å². The standard InChI is InChI=1S/C27H45N5O2/c1-32-25(19-11-9-18(17-33)10-12-19)16-29-26(32)23(15-21-7-4-5-13-28-21)31-27(34)24-14-20-6-2-3-8-22(20)30-24/h16,18-24,28,30,33H,2-15,17H2,1H3,(H,31,34)/t18?,19?,20?,21?,22?,23-,24?/m0/s1. The summed E-state index contributed by atoms with van der Waals surface area (Å²) in [5.41, 5.74) is 1.28. The van der Waals surface area contributed by atoms with E-state index in [9.17, 15) is 9.90 Å². The number of hydrogen-bond donors (Lipinski definition) is 4. The maximum atomic E-state index is 13.4. The minimum absolute atomic E-state index is 0.0663. The number of aromatic nitrogens is 2. The second kappa shape index (κ2) is 11.1. The highest BCUT2D eigenvalue weighted by atomic mass is 16.3. The van der Waals surface area contributed by atoms with Gasteiger partial charge in [0.05, 0.1) is 12.1 Å². The van der Waals surface area contributed by atoms with E-state index in [1.165, 1.54) is 50.6 Å². The maximum Gasteiger partial charge on any atom is 0.237 e. The van der Waals surface area contributed by atoms with Crippen LogP contribution in [0.3, 0.4) is 0 Å². The van der Waals surface area contributed by atoms with Gasteiger partial charge in [0.15, 0.2) is 0 Å². The number of carbonyl (C=O) groups excluding carboxylic acids is 1. The number of aliphatic hydroxyl groups excluding tert-OH is 1. The number of nitrogens with one attached hydrogen (secondary N) is 3. The van der Waals surface area contributed by atoms with Gasteiger partial charge in [0, 0.05) is 43.5 Å². The molecular formula is C27H45N5O2. The second-order valence-corrected chi connectivity index (χ2v) is 11.6. The summed E-state index contributed by atoms with van der Waals surface area (Å²) in [5, 5.41) is 20.3. The smallest absolute Gasteiger partial charge is 0.237 e. The summed E-state index contributed by atoms with van der Waals surface area (Å²) in [6.07, 6.45) is 17.1. The highest BCUT2D eigenvalue weighted by molar-refractivity contribution is 5.82. The Kier molecular flexibility index (Phi) is 7.91. The van der Waals surface area contributed by atoms with E-state index in [2.05, 4.69) is 33.8 Å². The number of aliphatic hydroxyl groups is 1. The van der Waals surface area contributed by atoms with E-state index in [1.54, 1.807) is 0 Å². The molecule has 190 valence electrons. The first-order valence-electron chi connectivity index (χ1n) is 14.0. The summed E-state index contributed by atoms with van der Waals surface area (Å²) in [5.74, 6) is 2.77. The summed E-state index contributed by atoms with van der Waals surface area (Å²) in [7, 11) is 2.13. The van der Waals surface area contributed by atoms with E-state index < -0.39 is 0 Å². The lowest BCUT2D eigenvalue weighted by atomic mass is 9.81. The first kappa shape index (κ1) is 24.3. The third-order valence-corrected chi connectivity index (χ3v) is 9.32. The van der Waals surface area contributed by atoms with Gasteiger partial charge in [0.1, 0.15) is 5.82 Å². The topological polar surface area (TPSA) is 91.2 Å². The fourth-order valence-corrected chi connectivity index (χ4v) is 7.21. The van der Waals surface area contributed by atoms with Gasteiger partial charge in [-0.3, -0.25) is 4.79 Å². The van der Waals surface area contributed by atoms with E-state index in [0.717, 1.165) is 50.9 Å². The lowest BCUT2D eigenvalue weighted by molar-refractivity contribution is -0.123. The van der Waals surface area contributed by atoms with Crippen LogP contribution in [0.25, 0.3) is 0 Å². The molecule has 0 radical (unpaired) electrons. The highest BCUT2D eigenvalue weighted by Crippen LogP contribution is 2.37. The Balaban J connectivity index is 1.30. The number of rotatable bonds is 7. The molecule has 7 heteroatoms. The zero-order valence-corrected chi connectivity index (χ0v) is 21.0. The Bertz CT molecular complexity index is 798. The Morgan fingerprint density at radius 1 is 1.15 bits per heavy atom. The number of amides is 1. The molecule has 4 N–H and O–H groups in total. The predicted octanol–water partition coefficient (Wildman–Crippen LogP) is 3.30. The van der Waals surface area contributed by atoms with E-state index in [0.29, 0.717) is 36.4 Å². The maximum absolute atomic E-state index is 13.4. The normalized spacial score (nSPS) is 35.0. The summed E-state index contributed by atoms with van der Waals surface area (Å²) >= 11 is 0. The van der Waals surface area contributed by atoms with Crippen LogP contribution < -0.4 is 16.0 Å². The van der Waals surface area contributed by atoms with Crippen LogP contribution in [0.5, 0.6) is 0 Å². The largest absolute Gasteiger partial charge is 0.396 e. The van der Waals surface area contributed by atoms with Gasteiger partial charge < -0.3 is 25.6 Å². The van der Waals surface area contributed by atoms with Gasteiger partial charge in [0.25, 0.3) is 0 Å². The summed E-state index contributed by atoms with van der Waals surface area (Å²) in [6.45, 7) is 1.38. The number of piperidine rings is 1. The monoisotopic (exact) mass is 471 g/mol. The molecule has 5 rings (SSSR count). The van der Waals surface area contributed by atoms with Crippen LogP contribution in [0.2, 0.25) is 0 Å². The zero-order valence-electron chi connectivity index (χ0n) is 21.0. The van der Waals surface area contributed by atoms with Crippen molar-refractivity contribution in [1.29, 1.82) is 0 Å². The Hall–Kier alpha value is -1.44. The van der Waals surface area contributed by atoms with Crippen LogP contribution in [0.1, 0.15) is 107 Å². The van der Waals surface area contributed by atoms with Gasteiger partial charge in [-0.2, -0.15) is 0 Å². The third kappa shape index (κ3) is 5.36. The molecule has 3 heterocycles. The van der Waals surface area contributed by atoms with E-state index in [-0.39, 0.29) is 18.0 Å². The first-order chi connectivity index (χ1) is 16.6. The van der Waals surface area contributed by atoms with Gasteiger partial charge in [-0.1, -0.05) is 19.3 Å². The van der Waals surface area contributed by atoms with Crippen LogP contribution >= 0.6 is 0 Å². The van der Waals surface area contributed by atoms with Gasteiger partial charge in [-0.25, -0.2) is 4.98 Å². The molecule has 5 atom stereocenters. The van der Waals surface area contributed by atoms with E-state index in [4.69, 9.17) is 4.98 Å². The molecule has 1 aromatic rings. The number of carbonyl (C=O) groups is 1. The van der Waals surface area contributed by atoms with Crippen molar-refractivity contribution in [2.24, 2.45) is 18.9 Å². The van der Waals surface area contributed by atoms with Crippen LogP contribution in [0.15, 0.2) is 6.20 Å². The van der Waals surface area contributed by atoms with Crippen molar-refractivity contribution in [3.05, 3.63) is 17.7 Å². The van der Waals surface area contributed by atoms with Crippen LogP contribution in [0, 0.1) is 11.8 Å². The zero-order chi connectivity index (χ0) is 23.5. The molecule has 4 aliphatic rings. The Morgan fingerprint density at radius 3 is 2.68 bits per heavy atom. The molecule has 0 spiro atoms. The average molecular weight is 472 g/mol. The molecule has 2 saturated carbocycles. The van der Waals surface area contributed by atoms with Crippen molar-refractivity contribution in [3.63, 3.8) is 0 Å². The fourth-order valence-electron chi connectivity index (χ4n) is 7.21. The third-order valence-electron chi connectivity index (χ3n) is 9.32. The van der Waals surface area contributed by atoms with E-state index in [1.807, 2.05) is 0 Å². The van der Waals surface area contributed by atoms with Gasteiger partial charge in [-0.15, -0.1) is 0 Å². The molecule has 2 aliphatic carbocycles. The average Bonchev–Trinajstić information content (AvgIpc) is 3.48. The lowest BCUT2D eigenvalue weighted by Crippen LogP contribution is -2.46. The number of hydrogen-bond acceptors (Lipinski definition) is 5. The molecule has 1 amide bonds. The van der Waals surface area contributed by atoms with Crippen LogP contribution in [-0.2, 0) is 11.8 Å². The molecule has 4 fully saturated rings. The Morgan fingerprint density at radius 2 is 1.94 bits per heavy atom. The summed E-state index contributed by atoms with van der Waals surface area (Å²) in [4.78, 5) is 18.3. The molecule has 7 nitrogen and oxygen atoms in total. The van der Waals surface area contributed by atoms with Crippen molar-refractivity contribution < 1.29 is 9.90 Å². The van der Waals surface area contributed by atoms with Crippen molar-refractivity contribution >= 4 is 5.91 Å². The van der Waals surface area contributed by atoms with Crippen LogP contribution in [-0.4, -0.2) is 51.8 Å². The first-order valence-corrected chi connectivity index (χ1v) is 14.0. The van der Waals surface area contributed by atoms with Crippen LogP contribution in [0.4, 0.5) is 0 Å². The van der Waals surface area contributed by atoms with Crippen molar-refractivity contribution in [2.45, 2.75) is 114 Å². The van der Waals surface area contributed by atoms with Crippen molar-refractivity contribution in [3.8, 4) is 0 Å². The molecule has 4 unspecified atom stereocenters. The minimum Gasteiger partial charge on any atom is -0.396 e. The molecular weight excluding hydrogens is 426 g/mol. The number of imidazole rings is 1. The summed E-state index contributed by atoms with van der Waals surface area (Å²) in [6, 6.07) is 0.818. The van der Waals surface area contributed by atoms with Gasteiger partial charge in [-0.05, 0) is 82.6 Å². The second-order valence-electron chi connectivity index (χ2n) is 11.6. The molecule has 0 aromatic carbocycles. The number of nitrogens with zero attached hydrogens (tertiary/aromatic N) is 2. The highest BCUT2D eigenvalue weighted by Gasteiger charge is 2.39. The molecule has 34 heavy (non-hydrogen) atoms. The predicted molar refractivity (Wildman–Crippen MR) is 133 cm³/mol. The summed E-state index contributed by atoms with van der Waals surface area (Å²) < 4.78 is 2.26. The minimum atomic E-state index is -0.0694. The lowest BCUT2D eigenvalue weighted by Gasteiger charge is -2.30. The SMILES string of the molecule is Cn1c(C2CCC(CO)CC2)cnc1[C@H](CC1CCCCN1)NC(=O)C1CC2CCCCC2N1. The van der Waals surface area contributed by atoms with E-state index >= 15 is 0 Å². The fraction of sp³-hybridized carbons (Fsp3) is 0.852. The van der Waals surface area contributed by atoms with Gasteiger partial charge in [0.2, 0.25) is 5.91 Å². The van der Waals surface area contributed by atoms with Crippen molar-refractivity contribution in [2.75, 3.05) is 13.2 Å². The molecule has 2 aliphatic heterocycles.